The number of aryl methyl sites for hydroxylation is 1. The number of nitrogens with zero attached hydrogens (tertiary/aromatic N) is 2. The second kappa shape index (κ2) is 7.29. The van der Waals surface area contributed by atoms with E-state index >= 15 is 0 Å². The number of aromatic nitrogens is 2. The zero-order chi connectivity index (χ0) is 18.8. The minimum atomic E-state index is -0.676. The van der Waals surface area contributed by atoms with E-state index in [0.717, 1.165) is 21.6 Å². The van der Waals surface area contributed by atoms with Gasteiger partial charge in [0.15, 0.2) is 0 Å². The number of methoxy groups -OCH3 is 1. The zero-order valence-corrected chi connectivity index (χ0v) is 16.0. The summed E-state index contributed by atoms with van der Waals surface area (Å²) in [4.78, 5) is 26.0. The van der Waals surface area contributed by atoms with E-state index in [-0.39, 0.29) is 11.8 Å². The molecular weight excluding hydrogens is 350 g/mol. The Morgan fingerprint density at radius 1 is 1.23 bits per heavy atom. The van der Waals surface area contributed by atoms with Crippen molar-refractivity contribution in [1.82, 2.24) is 15.1 Å². The average Bonchev–Trinajstić information content (AvgIpc) is 3.20. The van der Waals surface area contributed by atoms with Gasteiger partial charge in [0, 0.05) is 5.39 Å². The summed E-state index contributed by atoms with van der Waals surface area (Å²) in [5, 5.41) is 8.29. The summed E-state index contributed by atoms with van der Waals surface area (Å²) >= 11 is 1.36. The van der Waals surface area contributed by atoms with Crippen molar-refractivity contribution in [1.29, 1.82) is 0 Å². The Kier molecular flexibility index (Phi) is 5.08. The lowest BCUT2D eigenvalue weighted by Gasteiger charge is -2.19. The highest BCUT2D eigenvalue weighted by atomic mass is 32.1. The van der Waals surface area contributed by atoms with E-state index in [4.69, 9.17) is 4.74 Å². The van der Waals surface area contributed by atoms with Gasteiger partial charge < -0.3 is 10.1 Å². The zero-order valence-electron chi connectivity index (χ0n) is 15.1. The Labute approximate surface area is 155 Å². The fraction of sp³-hybridized carbons (Fsp3) is 0.316. The number of carbonyl (C=O) groups excluding carboxylic acids is 2. The normalized spacial score (nSPS) is 12.3. The van der Waals surface area contributed by atoms with E-state index in [0.29, 0.717) is 4.88 Å². The van der Waals surface area contributed by atoms with Crippen LogP contribution in [0.25, 0.3) is 15.9 Å². The van der Waals surface area contributed by atoms with Crippen molar-refractivity contribution in [2.75, 3.05) is 7.11 Å². The van der Waals surface area contributed by atoms with Crippen molar-refractivity contribution in [2.24, 2.45) is 5.92 Å². The minimum absolute atomic E-state index is 0.0673. The van der Waals surface area contributed by atoms with Crippen LogP contribution in [0.3, 0.4) is 0 Å². The summed E-state index contributed by atoms with van der Waals surface area (Å²) in [6, 6.07) is 10.9. The highest BCUT2D eigenvalue weighted by Crippen LogP contribution is 2.30. The molecular formula is C19H21N3O3S. The lowest BCUT2D eigenvalue weighted by molar-refractivity contribution is -0.144. The van der Waals surface area contributed by atoms with Crippen LogP contribution in [0.5, 0.6) is 0 Å². The first kappa shape index (κ1) is 18.1. The van der Waals surface area contributed by atoms with Gasteiger partial charge in [0.2, 0.25) is 0 Å². The maximum atomic E-state index is 12.7. The molecule has 2 aromatic heterocycles. The van der Waals surface area contributed by atoms with Gasteiger partial charge in [-0.3, -0.25) is 4.79 Å². The fourth-order valence-electron chi connectivity index (χ4n) is 2.74. The maximum Gasteiger partial charge on any atom is 0.328 e. The summed E-state index contributed by atoms with van der Waals surface area (Å²) in [5.41, 5.74) is 1.79. The topological polar surface area (TPSA) is 73.2 Å². The predicted molar refractivity (Wildman–Crippen MR) is 102 cm³/mol. The smallest absolute Gasteiger partial charge is 0.328 e. The number of nitrogens with one attached hydrogen (secondary N) is 1. The molecule has 1 unspecified atom stereocenters. The highest BCUT2D eigenvalue weighted by Gasteiger charge is 2.26. The van der Waals surface area contributed by atoms with E-state index in [1.807, 2.05) is 61.9 Å². The number of hydrogen-bond donors (Lipinski definition) is 1. The minimum Gasteiger partial charge on any atom is -0.467 e. The van der Waals surface area contributed by atoms with Crippen molar-refractivity contribution in [2.45, 2.75) is 26.8 Å². The Morgan fingerprint density at radius 3 is 2.54 bits per heavy atom. The molecule has 0 bridgehead atoms. The first-order valence-electron chi connectivity index (χ1n) is 8.35. The molecule has 26 heavy (non-hydrogen) atoms. The molecule has 1 amide bonds. The van der Waals surface area contributed by atoms with Crippen LogP contribution in [0.4, 0.5) is 0 Å². The molecule has 0 saturated carbocycles. The second-order valence-corrected chi connectivity index (χ2v) is 7.41. The Morgan fingerprint density at radius 2 is 1.92 bits per heavy atom. The molecule has 0 aliphatic heterocycles. The van der Waals surface area contributed by atoms with Crippen molar-refractivity contribution < 1.29 is 14.3 Å². The van der Waals surface area contributed by atoms with Crippen LogP contribution >= 0.6 is 11.3 Å². The molecule has 0 saturated heterocycles. The standard InChI is InChI=1S/C19H21N3O3S/c1-11(2)16(19(24)25-4)20-17(23)15-10-14-12(3)21-22(18(14)26-15)13-8-6-5-7-9-13/h5-11,16H,1-4H3,(H,20,23). The number of carbonyl (C=O) groups is 2. The van der Waals surface area contributed by atoms with Crippen molar-refractivity contribution in [3.8, 4) is 5.69 Å². The third-order valence-corrected chi connectivity index (χ3v) is 5.29. The SMILES string of the molecule is COC(=O)C(NC(=O)c1cc2c(C)nn(-c3ccccc3)c2s1)C(C)C. The van der Waals surface area contributed by atoms with Crippen LogP contribution in [-0.2, 0) is 9.53 Å². The largest absolute Gasteiger partial charge is 0.467 e. The van der Waals surface area contributed by atoms with E-state index in [1.165, 1.54) is 18.4 Å². The van der Waals surface area contributed by atoms with Crippen LogP contribution in [0, 0.1) is 12.8 Å². The van der Waals surface area contributed by atoms with E-state index in [9.17, 15) is 9.59 Å². The summed E-state index contributed by atoms with van der Waals surface area (Å²) in [5.74, 6) is -0.794. The fourth-order valence-corrected chi connectivity index (χ4v) is 3.83. The summed E-state index contributed by atoms with van der Waals surface area (Å²) in [6.07, 6.45) is 0. The van der Waals surface area contributed by atoms with Gasteiger partial charge in [-0.05, 0) is 31.0 Å². The van der Waals surface area contributed by atoms with Gasteiger partial charge in [-0.2, -0.15) is 5.10 Å². The summed E-state index contributed by atoms with van der Waals surface area (Å²) < 4.78 is 6.63. The van der Waals surface area contributed by atoms with Crippen LogP contribution < -0.4 is 5.32 Å². The maximum absolute atomic E-state index is 12.7. The molecule has 7 heteroatoms. The average molecular weight is 371 g/mol. The molecule has 0 aliphatic rings. The Balaban J connectivity index is 1.94. The first-order chi connectivity index (χ1) is 12.4. The van der Waals surface area contributed by atoms with Gasteiger partial charge in [0.25, 0.3) is 5.91 Å². The second-order valence-electron chi connectivity index (χ2n) is 6.38. The third kappa shape index (κ3) is 3.35. The van der Waals surface area contributed by atoms with Crippen LogP contribution in [0.2, 0.25) is 0 Å². The van der Waals surface area contributed by atoms with Gasteiger partial charge in [-0.1, -0.05) is 32.0 Å². The molecule has 3 aromatic rings. The molecule has 6 nitrogen and oxygen atoms in total. The van der Waals surface area contributed by atoms with Crippen LogP contribution in [-0.4, -0.2) is 34.8 Å². The molecule has 0 aliphatic carbocycles. The van der Waals surface area contributed by atoms with Crippen LogP contribution in [0.15, 0.2) is 36.4 Å². The number of fused-ring (bicyclic) bond motifs is 1. The molecule has 2 heterocycles. The van der Waals surface area contributed by atoms with Gasteiger partial charge in [-0.15, -0.1) is 11.3 Å². The molecule has 1 aromatic carbocycles. The number of amides is 1. The number of esters is 1. The third-order valence-electron chi connectivity index (χ3n) is 4.18. The molecule has 136 valence electrons. The number of rotatable bonds is 5. The molecule has 1 N–H and O–H groups in total. The monoisotopic (exact) mass is 371 g/mol. The molecule has 1 atom stereocenters. The Bertz CT molecular complexity index is 944. The van der Waals surface area contributed by atoms with Gasteiger partial charge in [-0.25, -0.2) is 9.48 Å². The van der Waals surface area contributed by atoms with E-state index in [2.05, 4.69) is 10.4 Å². The van der Waals surface area contributed by atoms with Crippen molar-refractivity contribution in [3.05, 3.63) is 47.0 Å². The molecule has 0 fully saturated rings. The number of hydrogen-bond acceptors (Lipinski definition) is 5. The number of thiophene rings is 1. The van der Waals surface area contributed by atoms with E-state index in [1.54, 1.807) is 0 Å². The van der Waals surface area contributed by atoms with Gasteiger partial charge >= 0.3 is 5.97 Å². The number of para-hydroxylation sites is 1. The van der Waals surface area contributed by atoms with Gasteiger partial charge in [0.05, 0.1) is 23.4 Å². The van der Waals surface area contributed by atoms with Crippen molar-refractivity contribution >= 4 is 33.4 Å². The molecule has 3 rings (SSSR count). The Hall–Kier alpha value is -2.67. The predicted octanol–water partition coefficient (Wildman–Crippen LogP) is 3.32. The summed E-state index contributed by atoms with van der Waals surface area (Å²) in [7, 11) is 1.32. The summed E-state index contributed by atoms with van der Waals surface area (Å²) in [6.45, 7) is 5.65. The highest BCUT2D eigenvalue weighted by molar-refractivity contribution is 7.20. The number of ether oxygens (including phenoxy) is 1. The molecule has 0 radical (unpaired) electrons. The lowest BCUT2D eigenvalue weighted by atomic mass is 10.0. The molecule has 0 spiro atoms. The van der Waals surface area contributed by atoms with E-state index < -0.39 is 12.0 Å². The van der Waals surface area contributed by atoms with Crippen LogP contribution in [0.1, 0.15) is 29.2 Å². The van der Waals surface area contributed by atoms with Crippen molar-refractivity contribution in [3.63, 3.8) is 0 Å². The number of benzene rings is 1. The van der Waals surface area contributed by atoms with Gasteiger partial charge in [0.1, 0.15) is 10.9 Å². The lowest BCUT2D eigenvalue weighted by Crippen LogP contribution is -2.44. The quantitative estimate of drug-likeness (QED) is 0.698. The first-order valence-corrected chi connectivity index (χ1v) is 9.17.